The number of hydrogen-bond donors (Lipinski definition) is 1. The maximum atomic E-state index is 5.51. The van der Waals surface area contributed by atoms with Crippen molar-refractivity contribution in [2.75, 3.05) is 53.1 Å². The number of nitrogens with zero attached hydrogens (tertiary/aromatic N) is 2. The second-order valence-electron chi connectivity index (χ2n) is 7.17. The summed E-state index contributed by atoms with van der Waals surface area (Å²) in [5, 5.41) is 3.46. The van der Waals surface area contributed by atoms with Gasteiger partial charge in [-0.05, 0) is 50.5 Å². The van der Waals surface area contributed by atoms with E-state index in [1.807, 2.05) is 0 Å². The van der Waals surface area contributed by atoms with Crippen LogP contribution in [0.5, 0.6) is 0 Å². The monoisotopic (exact) mass is 503 g/mol. The molecule has 2 rings (SSSR count). The van der Waals surface area contributed by atoms with Gasteiger partial charge in [-0.3, -0.25) is 4.99 Å². The summed E-state index contributed by atoms with van der Waals surface area (Å²) in [4.78, 5) is 7.26. The predicted octanol–water partition coefficient (Wildman–Crippen LogP) is 3.97. The number of ether oxygens (including phenoxy) is 2. The van der Waals surface area contributed by atoms with E-state index in [0.717, 1.165) is 57.5 Å². The molecule has 1 N–H and O–H groups in total. The number of benzene rings is 1. The van der Waals surface area contributed by atoms with Crippen molar-refractivity contribution in [3.05, 3.63) is 35.9 Å². The van der Waals surface area contributed by atoms with Crippen molar-refractivity contribution in [1.29, 1.82) is 0 Å². The third kappa shape index (κ3) is 10.1. The molecule has 0 amide bonds. The summed E-state index contributed by atoms with van der Waals surface area (Å²) in [6, 6.07) is 10.9. The standard InChI is InChI=1S/C22H37N3O2.HI/c1-3-23-22(24-13-7-8-16-27-18-17-26-2)25-14-11-21(12-15-25)19-20-9-5-4-6-10-20;/h4-6,9-10,21H,3,7-8,11-19H2,1-2H3,(H,23,24);1H. The zero-order valence-corrected chi connectivity index (χ0v) is 19.9. The summed E-state index contributed by atoms with van der Waals surface area (Å²) in [5.41, 5.74) is 1.46. The zero-order chi connectivity index (χ0) is 19.2. The van der Waals surface area contributed by atoms with Crippen molar-refractivity contribution < 1.29 is 9.47 Å². The summed E-state index contributed by atoms with van der Waals surface area (Å²) < 4.78 is 10.5. The van der Waals surface area contributed by atoms with Crippen molar-refractivity contribution in [3.63, 3.8) is 0 Å². The molecular weight excluding hydrogens is 465 g/mol. The van der Waals surface area contributed by atoms with Gasteiger partial charge in [0, 0.05) is 39.9 Å². The van der Waals surface area contributed by atoms with E-state index in [0.29, 0.717) is 13.2 Å². The third-order valence-corrected chi connectivity index (χ3v) is 5.01. The quantitative estimate of drug-likeness (QED) is 0.215. The lowest BCUT2D eigenvalue weighted by Crippen LogP contribution is -2.46. The molecule has 1 fully saturated rings. The van der Waals surface area contributed by atoms with Crippen LogP contribution in [0.25, 0.3) is 0 Å². The minimum Gasteiger partial charge on any atom is -0.382 e. The van der Waals surface area contributed by atoms with E-state index in [1.54, 1.807) is 7.11 Å². The van der Waals surface area contributed by atoms with Gasteiger partial charge in [0.15, 0.2) is 5.96 Å². The van der Waals surface area contributed by atoms with E-state index in [1.165, 1.54) is 24.8 Å². The number of aliphatic imine (C=N–C) groups is 1. The number of unbranched alkanes of at least 4 members (excludes halogenated alkanes) is 1. The van der Waals surface area contributed by atoms with Crippen LogP contribution < -0.4 is 5.32 Å². The maximum Gasteiger partial charge on any atom is 0.193 e. The smallest absolute Gasteiger partial charge is 0.193 e. The Morgan fingerprint density at radius 2 is 1.86 bits per heavy atom. The number of piperidine rings is 1. The van der Waals surface area contributed by atoms with Gasteiger partial charge in [-0.25, -0.2) is 0 Å². The van der Waals surface area contributed by atoms with Gasteiger partial charge >= 0.3 is 0 Å². The molecule has 0 spiro atoms. The summed E-state index contributed by atoms with van der Waals surface area (Å²) in [6.45, 7) is 8.26. The van der Waals surface area contributed by atoms with Crippen LogP contribution in [-0.4, -0.2) is 64.0 Å². The Hall–Kier alpha value is -0.860. The number of methoxy groups -OCH3 is 1. The zero-order valence-electron chi connectivity index (χ0n) is 17.6. The molecule has 1 saturated heterocycles. The third-order valence-electron chi connectivity index (χ3n) is 5.01. The number of hydrogen-bond acceptors (Lipinski definition) is 3. The highest BCUT2D eigenvalue weighted by atomic mass is 127. The maximum absolute atomic E-state index is 5.51. The fourth-order valence-corrected chi connectivity index (χ4v) is 3.47. The molecule has 0 saturated carbocycles. The molecule has 1 aromatic carbocycles. The number of guanidine groups is 1. The van der Waals surface area contributed by atoms with Crippen LogP contribution in [0.15, 0.2) is 35.3 Å². The van der Waals surface area contributed by atoms with Crippen LogP contribution in [0.1, 0.15) is 38.2 Å². The van der Waals surface area contributed by atoms with Crippen LogP contribution >= 0.6 is 24.0 Å². The Morgan fingerprint density at radius 3 is 2.54 bits per heavy atom. The SMILES string of the molecule is CCNC(=NCCCCOCCOC)N1CCC(Cc2ccccc2)CC1.I. The predicted molar refractivity (Wildman–Crippen MR) is 128 cm³/mol. The summed E-state index contributed by atoms with van der Waals surface area (Å²) in [5.74, 6) is 1.87. The Morgan fingerprint density at radius 1 is 1.11 bits per heavy atom. The average Bonchev–Trinajstić information content (AvgIpc) is 2.70. The molecule has 0 atom stereocenters. The Kier molecular flexibility index (Phi) is 14.4. The molecule has 0 aliphatic carbocycles. The van der Waals surface area contributed by atoms with Gasteiger partial charge in [0.1, 0.15) is 0 Å². The molecule has 160 valence electrons. The molecule has 5 nitrogen and oxygen atoms in total. The molecule has 28 heavy (non-hydrogen) atoms. The minimum atomic E-state index is 0. The van der Waals surface area contributed by atoms with Crippen molar-refractivity contribution in [2.24, 2.45) is 10.9 Å². The van der Waals surface area contributed by atoms with E-state index in [4.69, 9.17) is 14.5 Å². The summed E-state index contributed by atoms with van der Waals surface area (Å²) in [6.07, 6.45) is 5.79. The number of likely N-dealkylation sites (tertiary alicyclic amines) is 1. The first-order valence-electron chi connectivity index (χ1n) is 10.5. The highest BCUT2D eigenvalue weighted by Crippen LogP contribution is 2.21. The number of rotatable bonds is 11. The first kappa shape index (κ1) is 25.2. The van der Waals surface area contributed by atoms with Crippen LogP contribution in [0.4, 0.5) is 0 Å². The van der Waals surface area contributed by atoms with Gasteiger partial charge in [0.2, 0.25) is 0 Å². The Balaban J connectivity index is 0.00000392. The minimum absolute atomic E-state index is 0. The lowest BCUT2D eigenvalue weighted by molar-refractivity contribution is 0.0690. The molecule has 6 heteroatoms. The van der Waals surface area contributed by atoms with Crippen LogP contribution in [0.2, 0.25) is 0 Å². The number of halogens is 1. The van der Waals surface area contributed by atoms with Crippen LogP contribution in [-0.2, 0) is 15.9 Å². The van der Waals surface area contributed by atoms with Gasteiger partial charge in [0.25, 0.3) is 0 Å². The second-order valence-corrected chi connectivity index (χ2v) is 7.17. The van der Waals surface area contributed by atoms with Gasteiger partial charge in [0.05, 0.1) is 13.2 Å². The highest BCUT2D eigenvalue weighted by molar-refractivity contribution is 14.0. The first-order chi connectivity index (χ1) is 13.3. The van der Waals surface area contributed by atoms with E-state index >= 15 is 0 Å². The Labute approximate surface area is 188 Å². The van der Waals surface area contributed by atoms with Gasteiger partial charge in [-0.15, -0.1) is 24.0 Å². The topological polar surface area (TPSA) is 46.1 Å². The van der Waals surface area contributed by atoms with Crippen LogP contribution in [0, 0.1) is 5.92 Å². The molecule has 1 aliphatic rings. The van der Waals surface area contributed by atoms with Gasteiger partial charge in [-0.1, -0.05) is 30.3 Å². The molecule has 0 radical (unpaired) electrons. The molecule has 0 aromatic heterocycles. The van der Waals surface area contributed by atoms with Crippen molar-refractivity contribution in [1.82, 2.24) is 10.2 Å². The normalized spacial score (nSPS) is 15.4. The fraction of sp³-hybridized carbons (Fsp3) is 0.682. The van der Waals surface area contributed by atoms with Crippen molar-refractivity contribution in [3.8, 4) is 0 Å². The van der Waals surface area contributed by atoms with E-state index < -0.39 is 0 Å². The molecule has 1 heterocycles. The summed E-state index contributed by atoms with van der Waals surface area (Å²) in [7, 11) is 1.70. The van der Waals surface area contributed by atoms with Crippen molar-refractivity contribution in [2.45, 2.75) is 39.0 Å². The van der Waals surface area contributed by atoms with E-state index in [2.05, 4.69) is 47.5 Å². The lowest BCUT2D eigenvalue weighted by atomic mass is 9.90. The van der Waals surface area contributed by atoms with Gasteiger partial charge < -0.3 is 19.7 Å². The molecular formula is C22H38IN3O2. The lowest BCUT2D eigenvalue weighted by Gasteiger charge is -2.34. The molecule has 0 bridgehead atoms. The number of nitrogens with one attached hydrogen (secondary N) is 1. The van der Waals surface area contributed by atoms with Gasteiger partial charge in [-0.2, -0.15) is 0 Å². The first-order valence-corrected chi connectivity index (χ1v) is 10.5. The largest absolute Gasteiger partial charge is 0.382 e. The second kappa shape index (κ2) is 16.0. The Bertz CT molecular complexity index is 520. The van der Waals surface area contributed by atoms with Crippen LogP contribution in [0.3, 0.4) is 0 Å². The van der Waals surface area contributed by atoms with Crippen molar-refractivity contribution >= 4 is 29.9 Å². The van der Waals surface area contributed by atoms with E-state index in [9.17, 15) is 0 Å². The fourth-order valence-electron chi connectivity index (χ4n) is 3.47. The van der Waals surface area contributed by atoms with E-state index in [-0.39, 0.29) is 24.0 Å². The molecule has 0 unspecified atom stereocenters. The highest BCUT2D eigenvalue weighted by Gasteiger charge is 2.21. The summed E-state index contributed by atoms with van der Waals surface area (Å²) >= 11 is 0. The molecule has 1 aromatic rings. The average molecular weight is 503 g/mol. The molecule has 1 aliphatic heterocycles.